The smallest absolute Gasteiger partial charge is 0.314 e. The van der Waals surface area contributed by atoms with Crippen LogP contribution in [-0.2, 0) is 9.53 Å². The molecule has 102 valence electrons. The lowest BCUT2D eigenvalue weighted by atomic mass is 9.71. The Morgan fingerprint density at radius 1 is 1.00 bits per heavy atom. The lowest BCUT2D eigenvalue weighted by Gasteiger charge is -2.40. The number of carbonyl (C=O) groups excluding carboxylic acids is 1. The summed E-state index contributed by atoms with van der Waals surface area (Å²) in [6.45, 7) is 8.85. The van der Waals surface area contributed by atoms with Crippen LogP contribution in [0.15, 0.2) is 12.1 Å². The van der Waals surface area contributed by atoms with E-state index in [9.17, 15) is 4.79 Å². The van der Waals surface area contributed by atoms with E-state index in [-0.39, 0.29) is 18.0 Å². The SMILES string of the molecule is CC(C)c1ccc(C(C)C)c2c1C1CCC2C(=O)O1. The van der Waals surface area contributed by atoms with Gasteiger partial charge in [-0.15, -0.1) is 0 Å². The van der Waals surface area contributed by atoms with Crippen LogP contribution in [0.5, 0.6) is 0 Å². The highest BCUT2D eigenvalue weighted by molar-refractivity contribution is 5.83. The second kappa shape index (κ2) is 4.36. The normalized spacial score (nSPS) is 24.8. The molecule has 1 saturated heterocycles. The average Bonchev–Trinajstić information content (AvgIpc) is 2.37. The van der Waals surface area contributed by atoms with Gasteiger partial charge in [0.05, 0.1) is 5.92 Å². The first-order chi connectivity index (χ1) is 9.00. The van der Waals surface area contributed by atoms with Gasteiger partial charge in [-0.25, -0.2) is 0 Å². The summed E-state index contributed by atoms with van der Waals surface area (Å²) in [4.78, 5) is 12.1. The summed E-state index contributed by atoms with van der Waals surface area (Å²) in [5.74, 6) is 0.915. The van der Waals surface area contributed by atoms with E-state index in [1.165, 1.54) is 22.3 Å². The van der Waals surface area contributed by atoms with Crippen LogP contribution in [0.25, 0.3) is 0 Å². The van der Waals surface area contributed by atoms with Gasteiger partial charge in [0.1, 0.15) is 6.10 Å². The van der Waals surface area contributed by atoms with Crippen molar-refractivity contribution in [1.82, 2.24) is 0 Å². The Balaban J connectivity index is 2.27. The molecule has 2 heteroatoms. The van der Waals surface area contributed by atoms with Gasteiger partial charge < -0.3 is 4.74 Å². The molecule has 0 amide bonds. The Labute approximate surface area is 115 Å². The first-order valence-electron chi connectivity index (χ1n) is 7.37. The van der Waals surface area contributed by atoms with E-state index in [4.69, 9.17) is 4.74 Å². The third-order valence-corrected chi connectivity index (χ3v) is 4.53. The summed E-state index contributed by atoms with van der Waals surface area (Å²) in [5.41, 5.74) is 5.33. The minimum atomic E-state index is -0.0175. The summed E-state index contributed by atoms with van der Waals surface area (Å²) in [5, 5.41) is 0. The van der Waals surface area contributed by atoms with E-state index < -0.39 is 0 Å². The van der Waals surface area contributed by atoms with Gasteiger partial charge in [0.25, 0.3) is 0 Å². The molecule has 3 aliphatic rings. The average molecular weight is 258 g/mol. The maximum atomic E-state index is 12.1. The Hall–Kier alpha value is -1.31. The van der Waals surface area contributed by atoms with Crippen LogP contribution >= 0.6 is 0 Å². The van der Waals surface area contributed by atoms with Crippen LogP contribution in [0.4, 0.5) is 0 Å². The number of fused-ring (bicyclic) bond motifs is 2. The molecular formula is C17H22O2. The van der Waals surface area contributed by atoms with Crippen molar-refractivity contribution < 1.29 is 9.53 Å². The second-order valence-corrected chi connectivity index (χ2v) is 6.44. The van der Waals surface area contributed by atoms with Gasteiger partial charge in [0.2, 0.25) is 0 Å². The number of carbonyl (C=O) groups is 1. The third-order valence-electron chi connectivity index (χ3n) is 4.53. The molecule has 1 fully saturated rings. The van der Waals surface area contributed by atoms with Gasteiger partial charge >= 0.3 is 5.97 Å². The molecular weight excluding hydrogens is 236 g/mol. The number of benzene rings is 1. The number of rotatable bonds is 2. The molecule has 2 bridgehead atoms. The highest BCUT2D eigenvalue weighted by Gasteiger charge is 2.43. The van der Waals surface area contributed by atoms with Crippen LogP contribution in [0, 0.1) is 0 Å². The fourth-order valence-electron chi connectivity index (χ4n) is 3.61. The molecule has 4 rings (SSSR count). The van der Waals surface area contributed by atoms with Gasteiger partial charge in [-0.2, -0.15) is 0 Å². The van der Waals surface area contributed by atoms with Crippen LogP contribution in [0.3, 0.4) is 0 Å². The van der Waals surface area contributed by atoms with E-state index in [0.29, 0.717) is 11.8 Å². The lowest BCUT2D eigenvalue weighted by molar-refractivity contribution is -0.159. The van der Waals surface area contributed by atoms with Gasteiger partial charge in [-0.05, 0) is 41.4 Å². The van der Waals surface area contributed by atoms with Crippen molar-refractivity contribution in [3.63, 3.8) is 0 Å². The summed E-state index contributed by atoms with van der Waals surface area (Å²) >= 11 is 0. The van der Waals surface area contributed by atoms with E-state index in [1.54, 1.807) is 0 Å². The van der Waals surface area contributed by atoms with Crippen molar-refractivity contribution in [3.8, 4) is 0 Å². The summed E-state index contributed by atoms with van der Waals surface area (Å²) in [6, 6.07) is 4.47. The van der Waals surface area contributed by atoms with Gasteiger partial charge in [0, 0.05) is 5.56 Å². The van der Waals surface area contributed by atoms with Crippen LogP contribution in [-0.4, -0.2) is 5.97 Å². The van der Waals surface area contributed by atoms with E-state index in [1.807, 2.05) is 0 Å². The predicted molar refractivity (Wildman–Crippen MR) is 75.4 cm³/mol. The van der Waals surface area contributed by atoms with Crippen LogP contribution in [0.2, 0.25) is 0 Å². The van der Waals surface area contributed by atoms with Gasteiger partial charge in [-0.1, -0.05) is 39.8 Å². The highest BCUT2D eigenvalue weighted by atomic mass is 16.5. The highest BCUT2D eigenvalue weighted by Crippen LogP contribution is 2.50. The van der Waals surface area contributed by atoms with E-state index >= 15 is 0 Å². The van der Waals surface area contributed by atoms with Crippen molar-refractivity contribution >= 4 is 5.97 Å². The van der Waals surface area contributed by atoms with Crippen molar-refractivity contribution in [2.75, 3.05) is 0 Å². The van der Waals surface area contributed by atoms with Gasteiger partial charge in [-0.3, -0.25) is 4.79 Å². The first kappa shape index (κ1) is 12.7. The minimum absolute atomic E-state index is 0.00333. The molecule has 1 aliphatic carbocycles. The number of hydrogen-bond donors (Lipinski definition) is 0. The molecule has 19 heavy (non-hydrogen) atoms. The molecule has 2 atom stereocenters. The summed E-state index contributed by atoms with van der Waals surface area (Å²) in [7, 11) is 0. The molecule has 1 aromatic rings. The summed E-state index contributed by atoms with van der Waals surface area (Å²) in [6.07, 6.45) is 1.95. The molecule has 2 aliphatic heterocycles. The maximum Gasteiger partial charge on any atom is 0.314 e. The van der Waals surface area contributed by atoms with Crippen molar-refractivity contribution in [1.29, 1.82) is 0 Å². The van der Waals surface area contributed by atoms with E-state index in [2.05, 4.69) is 39.8 Å². The zero-order chi connectivity index (χ0) is 13.7. The Kier molecular flexibility index (Phi) is 2.92. The fraction of sp³-hybridized carbons (Fsp3) is 0.588. The Bertz CT molecular complexity index is 528. The molecule has 0 radical (unpaired) electrons. The number of ether oxygens (including phenoxy) is 1. The molecule has 2 heterocycles. The molecule has 1 aromatic carbocycles. The molecule has 0 saturated carbocycles. The molecule has 0 aromatic heterocycles. The fourth-order valence-corrected chi connectivity index (χ4v) is 3.61. The molecule has 2 unspecified atom stereocenters. The zero-order valence-corrected chi connectivity index (χ0v) is 12.2. The standard InChI is InChI=1S/C17H22O2/c1-9(2)11-5-6-12(10(3)4)16-14-8-7-13(15(11)16)17(18)19-14/h5-6,9-10,13-14H,7-8H2,1-4H3. The lowest BCUT2D eigenvalue weighted by Crippen LogP contribution is -2.34. The van der Waals surface area contributed by atoms with Crippen molar-refractivity contribution in [2.45, 2.75) is 64.4 Å². The predicted octanol–water partition coefficient (Wildman–Crippen LogP) is 4.41. The third kappa shape index (κ3) is 1.80. The zero-order valence-electron chi connectivity index (χ0n) is 12.2. The van der Waals surface area contributed by atoms with Crippen molar-refractivity contribution in [2.24, 2.45) is 0 Å². The van der Waals surface area contributed by atoms with Crippen molar-refractivity contribution in [3.05, 3.63) is 34.4 Å². The minimum Gasteiger partial charge on any atom is -0.457 e. The van der Waals surface area contributed by atoms with Crippen LogP contribution < -0.4 is 0 Å². The topological polar surface area (TPSA) is 26.3 Å². The monoisotopic (exact) mass is 258 g/mol. The van der Waals surface area contributed by atoms with Gasteiger partial charge in [0.15, 0.2) is 0 Å². The number of hydrogen-bond acceptors (Lipinski definition) is 2. The molecule has 0 spiro atoms. The Morgan fingerprint density at radius 2 is 1.58 bits per heavy atom. The van der Waals surface area contributed by atoms with Crippen LogP contribution in [0.1, 0.15) is 86.6 Å². The largest absolute Gasteiger partial charge is 0.457 e. The maximum absolute atomic E-state index is 12.1. The van der Waals surface area contributed by atoms with E-state index in [0.717, 1.165) is 12.8 Å². The summed E-state index contributed by atoms with van der Waals surface area (Å²) < 4.78 is 5.60. The molecule has 0 N–H and O–H groups in total. The molecule has 2 nitrogen and oxygen atoms in total. The number of esters is 1. The first-order valence-corrected chi connectivity index (χ1v) is 7.37. The Morgan fingerprint density at radius 3 is 2.11 bits per heavy atom. The second-order valence-electron chi connectivity index (χ2n) is 6.44. The quantitative estimate of drug-likeness (QED) is 0.734.